The maximum Gasteiger partial charge on any atom is 0.433 e. The molecule has 0 saturated carbocycles. The summed E-state index contributed by atoms with van der Waals surface area (Å²) >= 11 is 0. The number of rotatable bonds is 28. The number of ether oxygens (including phenoxy) is 1. The van der Waals surface area contributed by atoms with E-state index in [0.717, 1.165) is 23.8 Å². The SMILES string of the molecule is CC1(C)C(/C=C/C(=C/C=C2\N(CCCS(=O)(=O)O)c3ccc4c(S(=O)(=O)O)cc(S(=O)(=O)O)cc4c3C2(C)C)c2cccc(CCCCC(=O)NCCNC(=O)c3cccc(Oc4cc(CN)cc(C(F)(F)F)n4)c3)c2)=[N+](CCCS(=O)(=O)O)c2ccc3c(S(=O)(=O)O)cc(S(=O)(=O)O)cc3c21. The van der Waals surface area contributed by atoms with Crippen molar-refractivity contribution < 1.29 is 110 Å². The van der Waals surface area contributed by atoms with E-state index in [0.29, 0.717) is 65.3 Å². The summed E-state index contributed by atoms with van der Waals surface area (Å²) in [5.74, 6) is -2.75. The molecule has 6 aromatic carbocycles. The Balaban J connectivity index is 1.05. The fourth-order valence-corrected chi connectivity index (χ4v) is 16.3. The molecule has 0 spiro atoms. The number of anilines is 1. The van der Waals surface area contributed by atoms with Crippen LogP contribution in [0.1, 0.15) is 104 Å². The molecule has 10 N–H and O–H groups in total. The maximum atomic E-state index is 13.5. The Morgan fingerprint density at radius 2 is 1.22 bits per heavy atom. The summed E-state index contributed by atoms with van der Waals surface area (Å²) < 4.78 is 260. The van der Waals surface area contributed by atoms with Gasteiger partial charge in [-0.15, -0.1) is 0 Å². The molecule has 0 radical (unpaired) electrons. The third-order valence-electron chi connectivity index (χ3n) is 17.2. The lowest BCUT2D eigenvalue weighted by atomic mass is 9.78. The Morgan fingerprint density at radius 1 is 0.627 bits per heavy atom. The predicted octanol–water partition coefficient (Wildman–Crippen LogP) is 9.16. The fourth-order valence-electron chi connectivity index (χ4n) is 12.7. The van der Waals surface area contributed by atoms with Crippen molar-refractivity contribution in [1.82, 2.24) is 15.6 Å². The Hall–Kier alpha value is -8.37. The number of benzene rings is 6. The van der Waals surface area contributed by atoms with Gasteiger partial charge in [0.25, 0.3) is 66.6 Å². The first-order chi connectivity index (χ1) is 47.3. The van der Waals surface area contributed by atoms with Crippen molar-refractivity contribution in [2.24, 2.45) is 5.73 Å². The lowest BCUT2D eigenvalue weighted by Crippen LogP contribution is -2.34. The van der Waals surface area contributed by atoms with Crippen LogP contribution in [0.2, 0.25) is 0 Å². The van der Waals surface area contributed by atoms with E-state index in [2.05, 4.69) is 15.6 Å². The van der Waals surface area contributed by atoms with E-state index in [-0.39, 0.29) is 113 Å². The number of carbonyl (C=O) groups is 2. The number of unbranched alkanes of at least 4 members (excludes halogenated alkanes) is 1. The van der Waals surface area contributed by atoms with E-state index >= 15 is 0 Å². The second-order valence-electron chi connectivity index (χ2n) is 25.1. The van der Waals surface area contributed by atoms with Gasteiger partial charge in [-0.2, -0.15) is 68.3 Å². The van der Waals surface area contributed by atoms with Crippen molar-refractivity contribution >= 4 is 117 Å². The minimum Gasteiger partial charge on any atom is -0.439 e. The molecule has 1 aromatic heterocycles. The van der Waals surface area contributed by atoms with Crippen molar-refractivity contribution in [1.29, 1.82) is 0 Å². The van der Waals surface area contributed by atoms with Gasteiger partial charge in [0, 0.05) is 95.9 Å². The molecule has 2 aliphatic heterocycles. The molecule has 0 bridgehead atoms. The molecule has 0 atom stereocenters. The zero-order chi connectivity index (χ0) is 75.1. The van der Waals surface area contributed by atoms with Crippen molar-refractivity contribution in [2.75, 3.05) is 42.6 Å². The van der Waals surface area contributed by atoms with Gasteiger partial charge in [0.2, 0.25) is 17.5 Å². The number of aromatic nitrogens is 1. The monoisotopic (exact) mass is 1530 g/mol. The van der Waals surface area contributed by atoms with Crippen LogP contribution >= 0.6 is 0 Å². The van der Waals surface area contributed by atoms with E-state index in [1.165, 1.54) is 54.6 Å². The lowest BCUT2D eigenvalue weighted by Gasteiger charge is -2.27. The van der Waals surface area contributed by atoms with E-state index < -0.39 is 120 Å². The number of hydrogen-bond donors (Lipinski definition) is 9. The molecule has 0 saturated heterocycles. The molecule has 3 heterocycles. The molecule has 2 amide bonds. The van der Waals surface area contributed by atoms with Crippen LogP contribution in [-0.2, 0) is 95.5 Å². The summed E-state index contributed by atoms with van der Waals surface area (Å²) in [4.78, 5) is 27.9. The van der Waals surface area contributed by atoms with Crippen LogP contribution in [0, 0.1) is 0 Å². The number of aryl methyl sites for hydroxylation is 1. The molecule has 102 heavy (non-hydrogen) atoms. The highest BCUT2D eigenvalue weighted by Gasteiger charge is 2.47. The second-order valence-corrected chi connectivity index (χ2v) is 33.9. The van der Waals surface area contributed by atoms with Gasteiger partial charge in [0.05, 0.1) is 26.7 Å². The van der Waals surface area contributed by atoms with Crippen LogP contribution in [0.3, 0.4) is 0 Å². The number of fused-ring (bicyclic) bond motifs is 6. The number of carbonyl (C=O) groups excluding carboxylic acids is 2. The molecule has 2 aliphatic rings. The van der Waals surface area contributed by atoms with E-state index in [4.69, 9.17) is 10.5 Å². The molecule has 9 rings (SSSR count). The Morgan fingerprint density at radius 3 is 1.81 bits per heavy atom. The highest BCUT2D eigenvalue weighted by molar-refractivity contribution is 7.87. The third-order valence-corrected chi connectivity index (χ3v) is 22.2. The van der Waals surface area contributed by atoms with Crippen LogP contribution in [0.5, 0.6) is 11.6 Å². The Kier molecular flexibility index (Phi) is 22.4. The summed E-state index contributed by atoms with van der Waals surface area (Å²) in [6, 6.07) is 23.6. The van der Waals surface area contributed by atoms with Gasteiger partial charge in [-0.3, -0.25) is 36.9 Å². The number of halogens is 3. The quantitative estimate of drug-likeness (QED) is 0.00954. The van der Waals surface area contributed by atoms with Crippen LogP contribution < -0.4 is 26.0 Å². The summed E-state index contributed by atoms with van der Waals surface area (Å²) in [6.07, 6.45) is 2.72. The van der Waals surface area contributed by atoms with Crippen molar-refractivity contribution in [2.45, 2.75) is 109 Å². The number of amides is 2. The number of nitrogens with two attached hydrogens (primary N) is 1. The molecule has 36 heteroatoms. The normalized spacial score (nSPS) is 15.6. The van der Waals surface area contributed by atoms with Gasteiger partial charge in [0.15, 0.2) is 5.71 Å². The molecule has 0 aliphatic carbocycles. The second kappa shape index (κ2) is 29.4. The van der Waals surface area contributed by atoms with Gasteiger partial charge in [-0.25, -0.2) is 4.98 Å². The fraction of sp³-hybridized carbons (Fsp3) is 0.303. The first kappa shape index (κ1) is 77.8. The minimum absolute atomic E-state index is 0.00980. The molecule has 0 unspecified atom stereocenters. The van der Waals surface area contributed by atoms with Gasteiger partial charge in [-0.1, -0.05) is 56.3 Å². The minimum atomic E-state index is -5.18. The topological polar surface area (TPSA) is 439 Å². The lowest BCUT2D eigenvalue weighted by molar-refractivity contribution is -0.437. The molecule has 0 fully saturated rings. The number of nitrogens with one attached hydrogen (secondary N) is 2. The van der Waals surface area contributed by atoms with Crippen molar-refractivity contribution in [3.8, 4) is 11.6 Å². The van der Waals surface area contributed by atoms with Crippen LogP contribution in [0.15, 0.2) is 159 Å². The van der Waals surface area contributed by atoms with Gasteiger partial charge in [-0.05, 0) is 151 Å². The molecule has 7 aromatic rings. The average molecular weight is 1530 g/mol. The van der Waals surface area contributed by atoms with E-state index in [1.807, 2.05) is 12.1 Å². The summed E-state index contributed by atoms with van der Waals surface area (Å²) in [5, 5.41) is 5.00. The standard InChI is InChI=1S/C66H69F3N6O21S6/c1-64(2)57(74(27-9-29-97(78,79)80)52-21-19-48-50(61(52)64)35-46(99(84,85)86)37-54(48)101(90,91)92)23-17-42(18-24-58-65(3,4)62-51-36-47(100(87,88)89)38-55(102(93,94)95)49(51)20-22-53(62)75(58)28-10-30-98(81,82)83)43-13-7-12-40(31-43)11-5-6-16-59(76)71-25-26-72-63(77)44-14-8-15-45(34-44)96-60-33-41(39-70)32-56(73-60)66(67,68)69/h7-8,12-15,17-24,31-38H,5-6,9-11,16,25-30,39,70H2,1-4H3,(H7-,71,72,76,77,78,79,80,81,82,83,84,85,86,87,88,89,90,91,92,93,94,95)/p+1. The number of alkyl halides is 3. The summed E-state index contributed by atoms with van der Waals surface area (Å²) in [6.45, 7) is 6.26. The van der Waals surface area contributed by atoms with Crippen LogP contribution in [0.4, 0.5) is 24.5 Å². The maximum absolute atomic E-state index is 13.5. The zero-order valence-electron chi connectivity index (χ0n) is 54.7. The van der Waals surface area contributed by atoms with E-state index in [1.54, 1.807) is 73.6 Å². The van der Waals surface area contributed by atoms with Gasteiger partial charge < -0.3 is 26.0 Å². The molecule has 546 valence electrons. The highest BCUT2D eigenvalue weighted by Crippen LogP contribution is 2.53. The summed E-state index contributed by atoms with van der Waals surface area (Å²) in [7, 11) is -29.8. The molecular weight excluding hydrogens is 1460 g/mol. The smallest absolute Gasteiger partial charge is 0.433 e. The number of pyridine rings is 1. The Labute approximate surface area is 586 Å². The number of allylic oxidation sites excluding steroid dienone is 6. The first-order valence-electron chi connectivity index (χ1n) is 31.0. The average Bonchev–Trinajstić information content (AvgIpc) is 1.54. The molecular formula is C66H70F3N6O21S6+. The zero-order valence-corrected chi connectivity index (χ0v) is 59.6. The predicted molar refractivity (Wildman–Crippen MR) is 371 cm³/mol. The van der Waals surface area contributed by atoms with Crippen molar-refractivity contribution in [3.05, 3.63) is 178 Å². The van der Waals surface area contributed by atoms with Crippen LogP contribution in [0.25, 0.3) is 27.1 Å². The first-order valence-corrected chi connectivity index (χ1v) is 40.0. The number of hydrogen-bond acceptors (Lipinski definition) is 18. The van der Waals surface area contributed by atoms with Crippen LogP contribution in [-0.4, -0.2) is 143 Å². The molecule has 27 nitrogen and oxygen atoms in total. The van der Waals surface area contributed by atoms with Crippen molar-refractivity contribution in [3.63, 3.8) is 0 Å². The third kappa shape index (κ3) is 18.2. The largest absolute Gasteiger partial charge is 0.439 e. The van der Waals surface area contributed by atoms with Gasteiger partial charge >= 0.3 is 6.18 Å². The Bertz CT molecular complexity index is 5430. The van der Waals surface area contributed by atoms with Gasteiger partial charge in [0.1, 0.15) is 27.8 Å². The van der Waals surface area contributed by atoms with E-state index in [9.17, 15) is 101 Å². The number of nitrogens with zero attached hydrogens (tertiary/aromatic N) is 3. The highest BCUT2D eigenvalue weighted by atomic mass is 32.2. The summed E-state index contributed by atoms with van der Waals surface area (Å²) in [5.41, 5.74) is 5.48.